The molecular weight excluding hydrogens is 518 g/mol. The molecule has 4 rings (SSSR count). The maximum absolute atomic E-state index is 13.6. The average molecular weight is 548 g/mol. The fraction of sp³-hybridized carbons (Fsp3) is 0.357. The van der Waals surface area contributed by atoms with Crippen molar-refractivity contribution >= 4 is 11.8 Å². The Morgan fingerprint density at radius 1 is 0.897 bits per heavy atom. The van der Waals surface area contributed by atoms with Gasteiger partial charge in [-0.05, 0) is 54.1 Å². The lowest BCUT2D eigenvalue weighted by molar-refractivity contribution is -0.137. The number of furan rings is 1. The summed E-state index contributed by atoms with van der Waals surface area (Å²) >= 11 is 0. The van der Waals surface area contributed by atoms with Crippen LogP contribution in [0.15, 0.2) is 71.3 Å². The van der Waals surface area contributed by atoms with Crippen LogP contribution in [0.4, 0.5) is 17.6 Å². The minimum Gasteiger partial charge on any atom is -0.467 e. The third kappa shape index (κ3) is 8.14. The number of halogens is 4. The van der Waals surface area contributed by atoms with E-state index in [1.54, 1.807) is 24.3 Å². The first-order chi connectivity index (χ1) is 18.7. The monoisotopic (exact) mass is 547 g/mol. The second-order valence-electron chi connectivity index (χ2n) is 9.21. The summed E-state index contributed by atoms with van der Waals surface area (Å²) in [5.74, 6) is -0.818. The van der Waals surface area contributed by atoms with E-state index in [4.69, 9.17) is 9.15 Å². The number of ether oxygens (including phenoxy) is 1. The van der Waals surface area contributed by atoms with E-state index in [0.29, 0.717) is 44.2 Å². The van der Waals surface area contributed by atoms with Gasteiger partial charge in [0.2, 0.25) is 5.91 Å². The third-order valence-corrected chi connectivity index (χ3v) is 6.43. The van der Waals surface area contributed by atoms with Crippen molar-refractivity contribution in [2.24, 2.45) is 0 Å². The van der Waals surface area contributed by atoms with E-state index < -0.39 is 29.4 Å². The first-order valence-corrected chi connectivity index (χ1v) is 12.5. The van der Waals surface area contributed by atoms with Crippen molar-refractivity contribution in [1.82, 2.24) is 14.7 Å². The molecule has 1 fully saturated rings. The van der Waals surface area contributed by atoms with Crippen molar-refractivity contribution in [3.8, 4) is 0 Å². The Morgan fingerprint density at radius 3 is 2.21 bits per heavy atom. The van der Waals surface area contributed by atoms with Crippen LogP contribution in [0.2, 0.25) is 0 Å². The molecule has 0 unspecified atom stereocenters. The molecule has 0 saturated carbocycles. The predicted molar refractivity (Wildman–Crippen MR) is 134 cm³/mol. The summed E-state index contributed by atoms with van der Waals surface area (Å²) in [6, 6.07) is 13.1. The van der Waals surface area contributed by atoms with Crippen molar-refractivity contribution in [2.45, 2.75) is 19.3 Å². The molecule has 2 aromatic carbocycles. The summed E-state index contributed by atoms with van der Waals surface area (Å²) in [5.41, 5.74) is -0.127. The number of amides is 2. The molecule has 0 spiro atoms. The van der Waals surface area contributed by atoms with Crippen LogP contribution < -0.4 is 0 Å². The van der Waals surface area contributed by atoms with Gasteiger partial charge < -0.3 is 19.0 Å². The van der Waals surface area contributed by atoms with E-state index in [9.17, 15) is 27.2 Å². The van der Waals surface area contributed by atoms with Crippen LogP contribution in [0.25, 0.3) is 0 Å². The van der Waals surface area contributed by atoms with Gasteiger partial charge in [-0.3, -0.25) is 14.5 Å². The lowest BCUT2D eigenvalue weighted by Gasteiger charge is -2.31. The molecule has 0 N–H and O–H groups in total. The summed E-state index contributed by atoms with van der Waals surface area (Å²) in [6.07, 6.45) is -3.04. The quantitative estimate of drug-likeness (QED) is 0.351. The molecule has 1 aromatic heterocycles. The molecule has 0 aliphatic carbocycles. The molecule has 11 heteroatoms. The molecule has 3 aromatic rings. The van der Waals surface area contributed by atoms with Crippen LogP contribution in [0, 0.1) is 5.82 Å². The predicted octanol–water partition coefficient (Wildman–Crippen LogP) is 4.44. The zero-order valence-corrected chi connectivity index (χ0v) is 21.2. The Bertz CT molecular complexity index is 1210. The SMILES string of the molecule is O=C(CN(CCN1CCOCC1)C(=O)c1ccc(C(F)(F)F)cc1)N(Cc1ccc(F)cc1)Cc1ccco1. The highest BCUT2D eigenvalue weighted by molar-refractivity contribution is 5.96. The van der Waals surface area contributed by atoms with Crippen molar-refractivity contribution in [2.75, 3.05) is 45.9 Å². The van der Waals surface area contributed by atoms with E-state index >= 15 is 0 Å². The van der Waals surface area contributed by atoms with Crippen LogP contribution in [0.5, 0.6) is 0 Å². The second kappa shape index (κ2) is 12.9. The first-order valence-electron chi connectivity index (χ1n) is 12.5. The summed E-state index contributed by atoms with van der Waals surface area (Å²) in [6.45, 7) is 3.08. The van der Waals surface area contributed by atoms with Gasteiger partial charge in [-0.25, -0.2) is 4.39 Å². The number of alkyl halides is 3. The minimum atomic E-state index is -4.53. The summed E-state index contributed by atoms with van der Waals surface area (Å²) in [5, 5.41) is 0. The van der Waals surface area contributed by atoms with E-state index in [2.05, 4.69) is 4.90 Å². The molecule has 0 bridgehead atoms. The Kier molecular flexibility index (Phi) is 9.36. The van der Waals surface area contributed by atoms with Gasteiger partial charge in [0.15, 0.2) is 0 Å². The van der Waals surface area contributed by atoms with Crippen molar-refractivity contribution < 1.29 is 36.3 Å². The van der Waals surface area contributed by atoms with Gasteiger partial charge >= 0.3 is 6.18 Å². The summed E-state index contributed by atoms with van der Waals surface area (Å²) in [4.78, 5) is 31.9. The Morgan fingerprint density at radius 2 is 1.59 bits per heavy atom. The number of morpholine rings is 1. The van der Waals surface area contributed by atoms with Crippen molar-refractivity contribution in [1.29, 1.82) is 0 Å². The number of carbonyl (C=O) groups is 2. The number of benzene rings is 2. The number of nitrogens with zero attached hydrogens (tertiary/aromatic N) is 3. The highest BCUT2D eigenvalue weighted by atomic mass is 19.4. The fourth-order valence-electron chi connectivity index (χ4n) is 4.22. The van der Waals surface area contributed by atoms with Gasteiger partial charge in [-0.15, -0.1) is 0 Å². The molecule has 7 nitrogen and oxygen atoms in total. The summed E-state index contributed by atoms with van der Waals surface area (Å²) < 4.78 is 63.3. The van der Waals surface area contributed by atoms with Gasteiger partial charge in [0, 0.05) is 38.3 Å². The van der Waals surface area contributed by atoms with Crippen molar-refractivity contribution in [3.63, 3.8) is 0 Å². The molecule has 2 heterocycles. The van der Waals surface area contributed by atoms with Gasteiger partial charge in [0.25, 0.3) is 5.91 Å². The van der Waals surface area contributed by atoms with Gasteiger partial charge in [0.1, 0.15) is 18.1 Å². The van der Waals surface area contributed by atoms with Crippen LogP contribution >= 0.6 is 0 Å². The second-order valence-corrected chi connectivity index (χ2v) is 9.21. The van der Waals surface area contributed by atoms with Crippen LogP contribution in [-0.4, -0.2) is 72.5 Å². The molecule has 1 aliphatic heterocycles. The van der Waals surface area contributed by atoms with Gasteiger partial charge in [0.05, 0.1) is 31.6 Å². The van der Waals surface area contributed by atoms with E-state index in [1.165, 1.54) is 28.2 Å². The van der Waals surface area contributed by atoms with Crippen LogP contribution in [-0.2, 0) is 28.8 Å². The van der Waals surface area contributed by atoms with Gasteiger partial charge in [-0.1, -0.05) is 12.1 Å². The number of hydrogen-bond donors (Lipinski definition) is 0. The standard InChI is InChI=1S/C28H29F4N3O4/c29-24-9-3-21(4-10-24)18-35(19-25-2-1-15-39-25)26(36)20-34(12-11-33-13-16-38-17-14-33)27(37)22-5-7-23(8-6-22)28(30,31)32/h1-10,15H,11-14,16-20H2. The van der Waals surface area contributed by atoms with Crippen LogP contribution in [0.1, 0.15) is 27.2 Å². The van der Waals surface area contributed by atoms with Crippen molar-refractivity contribution in [3.05, 3.63) is 95.2 Å². The highest BCUT2D eigenvalue weighted by Gasteiger charge is 2.31. The zero-order chi connectivity index (χ0) is 27.8. The van der Waals surface area contributed by atoms with Crippen LogP contribution in [0.3, 0.4) is 0 Å². The molecule has 208 valence electrons. The Hall–Kier alpha value is -3.70. The maximum Gasteiger partial charge on any atom is 0.416 e. The maximum atomic E-state index is 13.6. The van der Waals surface area contributed by atoms with E-state index in [1.807, 2.05) is 0 Å². The first kappa shape index (κ1) is 28.3. The van der Waals surface area contributed by atoms with E-state index in [-0.39, 0.29) is 31.7 Å². The van der Waals surface area contributed by atoms with E-state index in [0.717, 1.165) is 24.3 Å². The largest absolute Gasteiger partial charge is 0.467 e. The normalized spacial score (nSPS) is 14.3. The number of hydrogen-bond acceptors (Lipinski definition) is 5. The molecule has 1 aliphatic rings. The lowest BCUT2D eigenvalue weighted by atomic mass is 10.1. The smallest absolute Gasteiger partial charge is 0.416 e. The molecule has 39 heavy (non-hydrogen) atoms. The molecule has 1 saturated heterocycles. The number of carbonyl (C=O) groups excluding carboxylic acids is 2. The highest BCUT2D eigenvalue weighted by Crippen LogP contribution is 2.29. The Balaban J connectivity index is 1.53. The lowest BCUT2D eigenvalue weighted by Crippen LogP contribution is -2.47. The molecule has 0 atom stereocenters. The molecule has 0 radical (unpaired) electrons. The number of rotatable bonds is 10. The molecular formula is C28H29F4N3O4. The fourth-order valence-corrected chi connectivity index (χ4v) is 4.22. The summed E-state index contributed by atoms with van der Waals surface area (Å²) in [7, 11) is 0. The zero-order valence-electron chi connectivity index (χ0n) is 21.2. The average Bonchev–Trinajstić information content (AvgIpc) is 3.45. The van der Waals surface area contributed by atoms with Gasteiger partial charge in [-0.2, -0.15) is 13.2 Å². The Labute approximate surface area is 223 Å². The third-order valence-electron chi connectivity index (χ3n) is 6.43. The molecule has 2 amide bonds. The minimum absolute atomic E-state index is 0.0499. The topological polar surface area (TPSA) is 66.2 Å².